The molecule has 0 bridgehead atoms. The van der Waals surface area contributed by atoms with Gasteiger partial charge in [0.15, 0.2) is 5.43 Å². The molecule has 4 rings (SSSR count). The Morgan fingerprint density at radius 3 is 2.48 bits per heavy atom. The smallest absolute Gasteiger partial charge is 0.193 e. The number of benzene rings is 2. The van der Waals surface area contributed by atoms with E-state index in [0.29, 0.717) is 23.3 Å². The summed E-state index contributed by atoms with van der Waals surface area (Å²) in [7, 11) is 1.62. The van der Waals surface area contributed by atoms with Gasteiger partial charge in [0.1, 0.15) is 29.4 Å². The Balaban J connectivity index is 1.56. The van der Waals surface area contributed by atoms with Gasteiger partial charge in [0.05, 0.1) is 12.5 Å². The molecule has 0 amide bonds. The molecule has 1 saturated heterocycles. The first-order valence-corrected chi connectivity index (χ1v) is 9.30. The maximum atomic E-state index is 12.5. The Morgan fingerprint density at radius 1 is 1.00 bits per heavy atom. The lowest BCUT2D eigenvalue weighted by Crippen LogP contribution is -2.25. The van der Waals surface area contributed by atoms with Gasteiger partial charge in [-0.25, -0.2) is 0 Å². The van der Waals surface area contributed by atoms with Gasteiger partial charge in [0, 0.05) is 24.2 Å². The van der Waals surface area contributed by atoms with E-state index in [4.69, 9.17) is 13.9 Å². The number of hydrogen-bond donors (Lipinski definition) is 0. The van der Waals surface area contributed by atoms with Crippen LogP contribution in [0.3, 0.4) is 0 Å². The molecule has 2 heterocycles. The van der Waals surface area contributed by atoms with Gasteiger partial charge >= 0.3 is 0 Å². The SMILES string of the molecule is COc1ccc(-c2cc(=O)c3ccc(OCCN4CCCC4)cc3o2)cc1. The van der Waals surface area contributed by atoms with Crippen molar-refractivity contribution in [2.45, 2.75) is 12.8 Å². The van der Waals surface area contributed by atoms with Gasteiger partial charge in [0.2, 0.25) is 0 Å². The van der Waals surface area contributed by atoms with Crippen LogP contribution in [-0.2, 0) is 0 Å². The summed E-state index contributed by atoms with van der Waals surface area (Å²) in [6, 6.07) is 14.4. The summed E-state index contributed by atoms with van der Waals surface area (Å²) < 4.78 is 17.0. The zero-order chi connectivity index (χ0) is 18.6. The molecule has 0 N–H and O–H groups in total. The Hall–Kier alpha value is -2.79. The number of ether oxygens (including phenoxy) is 2. The van der Waals surface area contributed by atoms with E-state index >= 15 is 0 Å². The molecule has 2 aromatic carbocycles. The second-order valence-electron chi connectivity index (χ2n) is 6.76. The third-order valence-corrected chi connectivity index (χ3v) is 4.95. The predicted molar refractivity (Wildman–Crippen MR) is 106 cm³/mol. The number of likely N-dealkylation sites (tertiary alicyclic amines) is 1. The van der Waals surface area contributed by atoms with Crippen LogP contribution >= 0.6 is 0 Å². The van der Waals surface area contributed by atoms with Crippen molar-refractivity contribution in [1.29, 1.82) is 0 Å². The van der Waals surface area contributed by atoms with Crippen molar-refractivity contribution < 1.29 is 13.9 Å². The van der Waals surface area contributed by atoms with Gasteiger partial charge in [-0.1, -0.05) is 0 Å². The molecule has 1 fully saturated rings. The number of fused-ring (bicyclic) bond motifs is 1. The summed E-state index contributed by atoms with van der Waals surface area (Å²) in [5.41, 5.74) is 1.30. The summed E-state index contributed by atoms with van der Waals surface area (Å²) in [6.07, 6.45) is 2.55. The van der Waals surface area contributed by atoms with Crippen LogP contribution in [0.15, 0.2) is 57.7 Å². The quantitative estimate of drug-likeness (QED) is 0.662. The Kier molecular flexibility index (Phi) is 5.12. The number of hydrogen-bond acceptors (Lipinski definition) is 5. The average molecular weight is 365 g/mol. The van der Waals surface area contributed by atoms with E-state index < -0.39 is 0 Å². The van der Waals surface area contributed by atoms with Crippen LogP contribution in [-0.4, -0.2) is 38.3 Å². The van der Waals surface area contributed by atoms with Gasteiger partial charge in [-0.3, -0.25) is 9.69 Å². The molecule has 0 atom stereocenters. The van der Waals surface area contributed by atoms with Crippen LogP contribution in [0.2, 0.25) is 0 Å². The fourth-order valence-corrected chi connectivity index (χ4v) is 3.42. The molecular formula is C22H23NO4. The molecule has 0 spiro atoms. The molecule has 0 saturated carbocycles. The highest BCUT2D eigenvalue weighted by Crippen LogP contribution is 2.26. The van der Waals surface area contributed by atoms with Crippen LogP contribution in [0.4, 0.5) is 0 Å². The van der Waals surface area contributed by atoms with E-state index in [2.05, 4.69) is 4.90 Å². The predicted octanol–water partition coefficient (Wildman–Crippen LogP) is 3.94. The minimum Gasteiger partial charge on any atom is -0.497 e. The lowest BCUT2D eigenvalue weighted by Gasteiger charge is -2.15. The van der Waals surface area contributed by atoms with E-state index in [0.717, 1.165) is 36.7 Å². The van der Waals surface area contributed by atoms with E-state index in [1.807, 2.05) is 30.3 Å². The molecular weight excluding hydrogens is 342 g/mol. The molecule has 27 heavy (non-hydrogen) atoms. The third-order valence-electron chi connectivity index (χ3n) is 4.95. The Bertz CT molecular complexity index is 972. The van der Waals surface area contributed by atoms with Crippen molar-refractivity contribution in [3.05, 3.63) is 58.8 Å². The average Bonchev–Trinajstić information content (AvgIpc) is 3.21. The fourth-order valence-electron chi connectivity index (χ4n) is 3.42. The van der Waals surface area contributed by atoms with E-state index in [-0.39, 0.29) is 5.43 Å². The number of rotatable bonds is 6. The summed E-state index contributed by atoms with van der Waals surface area (Å²) in [5, 5.41) is 0.555. The molecule has 1 aliphatic rings. The minimum atomic E-state index is -0.0642. The first-order chi connectivity index (χ1) is 13.2. The highest BCUT2D eigenvalue weighted by Gasteiger charge is 2.12. The second-order valence-corrected chi connectivity index (χ2v) is 6.76. The van der Waals surface area contributed by atoms with E-state index in [1.54, 1.807) is 19.2 Å². The molecule has 0 radical (unpaired) electrons. The molecule has 5 heteroatoms. The van der Waals surface area contributed by atoms with Crippen LogP contribution in [0.25, 0.3) is 22.3 Å². The topological polar surface area (TPSA) is 51.9 Å². The maximum absolute atomic E-state index is 12.5. The second kappa shape index (κ2) is 7.84. The lowest BCUT2D eigenvalue weighted by molar-refractivity contribution is 0.238. The van der Waals surface area contributed by atoms with E-state index in [1.165, 1.54) is 18.9 Å². The molecule has 0 aliphatic carbocycles. The fraction of sp³-hybridized carbons (Fsp3) is 0.318. The number of methoxy groups -OCH3 is 1. The normalized spacial score (nSPS) is 14.6. The Labute approximate surface area is 158 Å². The van der Waals surface area contributed by atoms with Crippen molar-refractivity contribution in [1.82, 2.24) is 4.90 Å². The van der Waals surface area contributed by atoms with Crippen molar-refractivity contribution in [2.75, 3.05) is 33.4 Å². The number of nitrogens with zero attached hydrogens (tertiary/aromatic N) is 1. The first-order valence-electron chi connectivity index (χ1n) is 9.30. The van der Waals surface area contributed by atoms with Crippen LogP contribution in [0.5, 0.6) is 11.5 Å². The molecule has 140 valence electrons. The standard InChI is InChI=1S/C22H23NO4/c1-25-17-6-4-16(5-7-17)21-15-20(24)19-9-8-18(14-22(19)27-21)26-13-12-23-10-2-3-11-23/h4-9,14-15H,2-3,10-13H2,1H3. The lowest BCUT2D eigenvalue weighted by atomic mass is 10.1. The van der Waals surface area contributed by atoms with Crippen molar-refractivity contribution in [3.8, 4) is 22.8 Å². The Morgan fingerprint density at radius 2 is 1.74 bits per heavy atom. The summed E-state index contributed by atoms with van der Waals surface area (Å²) in [5.74, 6) is 2.01. The van der Waals surface area contributed by atoms with Crippen LogP contribution in [0, 0.1) is 0 Å². The molecule has 0 unspecified atom stereocenters. The van der Waals surface area contributed by atoms with Crippen LogP contribution < -0.4 is 14.9 Å². The van der Waals surface area contributed by atoms with Gasteiger partial charge in [0.25, 0.3) is 0 Å². The van der Waals surface area contributed by atoms with Gasteiger partial charge < -0.3 is 13.9 Å². The molecule has 1 aliphatic heterocycles. The zero-order valence-corrected chi connectivity index (χ0v) is 15.4. The molecule has 1 aromatic heterocycles. The van der Waals surface area contributed by atoms with E-state index in [9.17, 15) is 4.79 Å². The summed E-state index contributed by atoms with van der Waals surface area (Å²) in [6.45, 7) is 3.87. The van der Waals surface area contributed by atoms with Gasteiger partial charge in [-0.15, -0.1) is 0 Å². The highest BCUT2D eigenvalue weighted by molar-refractivity contribution is 5.80. The monoisotopic (exact) mass is 365 g/mol. The van der Waals surface area contributed by atoms with Crippen molar-refractivity contribution in [2.24, 2.45) is 0 Å². The molecule has 3 aromatic rings. The molecule has 5 nitrogen and oxygen atoms in total. The summed E-state index contributed by atoms with van der Waals surface area (Å²) >= 11 is 0. The highest BCUT2D eigenvalue weighted by atomic mass is 16.5. The van der Waals surface area contributed by atoms with Crippen molar-refractivity contribution >= 4 is 11.0 Å². The van der Waals surface area contributed by atoms with Crippen LogP contribution in [0.1, 0.15) is 12.8 Å². The third kappa shape index (κ3) is 3.98. The summed E-state index contributed by atoms with van der Waals surface area (Å²) in [4.78, 5) is 14.9. The first kappa shape index (κ1) is 17.6. The zero-order valence-electron chi connectivity index (χ0n) is 15.4. The van der Waals surface area contributed by atoms with Gasteiger partial charge in [-0.05, 0) is 62.3 Å². The maximum Gasteiger partial charge on any atom is 0.193 e. The van der Waals surface area contributed by atoms with Gasteiger partial charge in [-0.2, -0.15) is 0 Å². The van der Waals surface area contributed by atoms with Crippen molar-refractivity contribution in [3.63, 3.8) is 0 Å². The minimum absolute atomic E-state index is 0.0642. The largest absolute Gasteiger partial charge is 0.497 e.